The zero-order chi connectivity index (χ0) is 26.2. The molecule has 2 saturated heterocycles. The van der Waals surface area contributed by atoms with Gasteiger partial charge in [-0.05, 0) is 54.7 Å². The number of piperazine rings is 1. The molecule has 8 nitrogen and oxygen atoms in total. The van der Waals surface area contributed by atoms with E-state index in [9.17, 15) is 13.2 Å². The SMILES string of the molecule is COc1ccc(S(=O)(=O)N2CCC(C(=O)N3CCN(c4nc5c(C(C)C)cccc5s4)CC3)CC2)cc1. The standard InChI is InChI=1S/C27H34N4O4S2/c1-19(2)23-5-4-6-24-25(23)28-27(36-24)30-17-15-29(16-18-30)26(32)20-11-13-31(14-12-20)37(33,34)22-9-7-21(35-3)8-10-22/h4-10,19-20H,11-18H2,1-3H3. The van der Waals surface area contributed by atoms with Gasteiger partial charge in [0.15, 0.2) is 5.13 Å². The minimum atomic E-state index is -3.58. The third-order valence-corrected chi connectivity index (χ3v) is 10.4. The Morgan fingerprint density at radius 3 is 2.30 bits per heavy atom. The number of benzene rings is 2. The van der Waals surface area contributed by atoms with Gasteiger partial charge >= 0.3 is 0 Å². The highest BCUT2D eigenvalue weighted by Crippen LogP contribution is 2.34. The molecule has 0 saturated carbocycles. The molecule has 198 valence electrons. The molecule has 0 N–H and O–H groups in total. The lowest BCUT2D eigenvalue weighted by Crippen LogP contribution is -2.52. The number of ether oxygens (including phenoxy) is 1. The molecule has 0 aliphatic carbocycles. The number of carbonyl (C=O) groups is 1. The Bertz CT molecular complexity index is 1350. The molecule has 1 aromatic heterocycles. The number of nitrogens with zero attached hydrogens (tertiary/aromatic N) is 4. The van der Waals surface area contributed by atoms with Crippen LogP contribution in [0.5, 0.6) is 5.75 Å². The predicted molar refractivity (Wildman–Crippen MR) is 147 cm³/mol. The lowest BCUT2D eigenvalue weighted by Gasteiger charge is -2.38. The van der Waals surface area contributed by atoms with E-state index in [0.29, 0.717) is 50.7 Å². The third-order valence-electron chi connectivity index (χ3n) is 7.42. The van der Waals surface area contributed by atoms with Crippen molar-refractivity contribution in [3.63, 3.8) is 0 Å². The molecule has 3 aromatic rings. The minimum absolute atomic E-state index is 0.134. The van der Waals surface area contributed by atoms with Crippen molar-refractivity contribution in [2.75, 3.05) is 51.3 Å². The third kappa shape index (κ3) is 5.19. The van der Waals surface area contributed by atoms with Crippen molar-refractivity contribution in [3.05, 3.63) is 48.0 Å². The van der Waals surface area contributed by atoms with Crippen molar-refractivity contribution in [2.24, 2.45) is 5.92 Å². The van der Waals surface area contributed by atoms with Gasteiger partial charge in [0, 0.05) is 45.2 Å². The van der Waals surface area contributed by atoms with Crippen LogP contribution in [0.15, 0.2) is 47.4 Å². The summed E-state index contributed by atoms with van der Waals surface area (Å²) in [5, 5.41) is 1.02. The number of amides is 1. The first-order valence-electron chi connectivity index (χ1n) is 12.9. The topological polar surface area (TPSA) is 83.0 Å². The van der Waals surface area contributed by atoms with E-state index >= 15 is 0 Å². The molecule has 1 amide bonds. The molecule has 0 radical (unpaired) electrons. The Morgan fingerprint density at radius 2 is 1.68 bits per heavy atom. The Kier molecular flexibility index (Phi) is 7.42. The van der Waals surface area contributed by atoms with Crippen LogP contribution in [0.1, 0.15) is 38.2 Å². The van der Waals surface area contributed by atoms with Gasteiger partial charge in [-0.25, -0.2) is 13.4 Å². The number of sulfonamides is 1. The average Bonchev–Trinajstić information content (AvgIpc) is 3.37. The van der Waals surface area contributed by atoms with E-state index in [4.69, 9.17) is 9.72 Å². The number of anilines is 1. The summed E-state index contributed by atoms with van der Waals surface area (Å²) in [6, 6.07) is 12.8. The molecule has 5 rings (SSSR count). The summed E-state index contributed by atoms with van der Waals surface area (Å²) in [4.78, 5) is 22.7. The molecule has 0 bridgehead atoms. The van der Waals surface area contributed by atoms with Gasteiger partial charge in [-0.15, -0.1) is 0 Å². The Labute approximate surface area is 222 Å². The van der Waals surface area contributed by atoms with E-state index in [1.807, 2.05) is 4.90 Å². The number of carbonyl (C=O) groups excluding carboxylic acids is 1. The number of methoxy groups -OCH3 is 1. The van der Waals surface area contributed by atoms with Crippen LogP contribution in [0.3, 0.4) is 0 Å². The first kappa shape index (κ1) is 25.9. The van der Waals surface area contributed by atoms with E-state index in [0.717, 1.165) is 23.7 Å². The number of piperidine rings is 1. The largest absolute Gasteiger partial charge is 0.497 e. The predicted octanol–water partition coefficient (Wildman–Crippen LogP) is 4.18. The number of para-hydroxylation sites is 1. The van der Waals surface area contributed by atoms with Crippen LogP contribution >= 0.6 is 11.3 Å². The van der Waals surface area contributed by atoms with Crippen molar-refractivity contribution < 1.29 is 17.9 Å². The number of hydrogen-bond donors (Lipinski definition) is 0. The molecule has 2 aromatic carbocycles. The number of thiazole rings is 1. The molecule has 0 spiro atoms. The summed E-state index contributed by atoms with van der Waals surface area (Å²) in [6.07, 6.45) is 1.09. The second-order valence-electron chi connectivity index (χ2n) is 10.0. The molecule has 10 heteroatoms. The van der Waals surface area contributed by atoms with E-state index in [-0.39, 0.29) is 16.7 Å². The van der Waals surface area contributed by atoms with E-state index in [2.05, 4.69) is 36.9 Å². The highest BCUT2D eigenvalue weighted by atomic mass is 32.2. The average molecular weight is 543 g/mol. The van der Waals surface area contributed by atoms with Gasteiger partial charge in [-0.2, -0.15) is 4.31 Å². The Morgan fingerprint density at radius 1 is 1.00 bits per heavy atom. The fraction of sp³-hybridized carbons (Fsp3) is 0.481. The molecular formula is C27H34N4O4S2. The van der Waals surface area contributed by atoms with Gasteiger partial charge in [0.1, 0.15) is 5.75 Å². The molecule has 0 atom stereocenters. The van der Waals surface area contributed by atoms with Crippen LogP contribution < -0.4 is 9.64 Å². The molecule has 2 fully saturated rings. The van der Waals surface area contributed by atoms with E-state index in [1.54, 1.807) is 42.7 Å². The molecule has 3 heterocycles. The summed E-state index contributed by atoms with van der Waals surface area (Å²) in [6.45, 7) is 7.93. The van der Waals surface area contributed by atoms with Gasteiger partial charge in [0.05, 0.1) is 22.2 Å². The summed E-state index contributed by atoms with van der Waals surface area (Å²) in [7, 11) is -2.03. The van der Waals surface area contributed by atoms with Crippen LogP contribution in [0.25, 0.3) is 10.2 Å². The lowest BCUT2D eigenvalue weighted by atomic mass is 9.96. The lowest BCUT2D eigenvalue weighted by molar-refractivity contribution is -0.137. The molecule has 2 aliphatic rings. The normalized spacial score (nSPS) is 18.1. The Hall–Kier alpha value is -2.69. The second kappa shape index (κ2) is 10.6. The van der Waals surface area contributed by atoms with Crippen molar-refractivity contribution in [3.8, 4) is 5.75 Å². The monoisotopic (exact) mass is 542 g/mol. The van der Waals surface area contributed by atoms with Gasteiger partial charge < -0.3 is 14.5 Å². The zero-order valence-corrected chi connectivity index (χ0v) is 23.2. The first-order valence-corrected chi connectivity index (χ1v) is 15.1. The maximum atomic E-state index is 13.3. The first-order chi connectivity index (χ1) is 17.8. The highest BCUT2D eigenvalue weighted by molar-refractivity contribution is 7.89. The fourth-order valence-electron chi connectivity index (χ4n) is 5.18. The van der Waals surface area contributed by atoms with Crippen LogP contribution in [-0.4, -0.2) is 74.9 Å². The summed E-state index contributed by atoms with van der Waals surface area (Å²) < 4.78 is 33.9. The number of aromatic nitrogens is 1. The summed E-state index contributed by atoms with van der Waals surface area (Å²) in [5.74, 6) is 1.05. The van der Waals surface area contributed by atoms with Gasteiger partial charge in [0.25, 0.3) is 0 Å². The van der Waals surface area contributed by atoms with Crippen molar-refractivity contribution in [1.82, 2.24) is 14.2 Å². The zero-order valence-electron chi connectivity index (χ0n) is 21.6. The molecule has 37 heavy (non-hydrogen) atoms. The van der Waals surface area contributed by atoms with Gasteiger partial charge in [-0.3, -0.25) is 4.79 Å². The molecule has 2 aliphatic heterocycles. The number of hydrogen-bond acceptors (Lipinski definition) is 7. The van der Waals surface area contributed by atoms with Crippen molar-refractivity contribution >= 4 is 42.6 Å². The molecule has 0 unspecified atom stereocenters. The van der Waals surface area contributed by atoms with Crippen LogP contribution in [0, 0.1) is 5.92 Å². The van der Waals surface area contributed by atoms with Crippen LogP contribution in [0.4, 0.5) is 5.13 Å². The number of rotatable bonds is 6. The summed E-state index contributed by atoms with van der Waals surface area (Å²) >= 11 is 1.72. The molecular weight excluding hydrogens is 508 g/mol. The van der Waals surface area contributed by atoms with Gasteiger partial charge in [0.2, 0.25) is 15.9 Å². The second-order valence-corrected chi connectivity index (χ2v) is 13.0. The maximum Gasteiger partial charge on any atom is 0.243 e. The highest BCUT2D eigenvalue weighted by Gasteiger charge is 2.35. The van der Waals surface area contributed by atoms with E-state index in [1.165, 1.54) is 14.6 Å². The van der Waals surface area contributed by atoms with Crippen molar-refractivity contribution in [1.29, 1.82) is 0 Å². The van der Waals surface area contributed by atoms with E-state index < -0.39 is 10.0 Å². The van der Waals surface area contributed by atoms with Crippen LogP contribution in [0.2, 0.25) is 0 Å². The fourth-order valence-corrected chi connectivity index (χ4v) is 7.70. The van der Waals surface area contributed by atoms with Crippen LogP contribution in [-0.2, 0) is 14.8 Å². The minimum Gasteiger partial charge on any atom is -0.497 e. The Balaban J connectivity index is 1.16. The smallest absolute Gasteiger partial charge is 0.243 e. The van der Waals surface area contributed by atoms with Crippen molar-refractivity contribution in [2.45, 2.75) is 37.5 Å². The quantitative estimate of drug-likeness (QED) is 0.465. The number of fused-ring (bicyclic) bond motifs is 1. The summed E-state index contributed by atoms with van der Waals surface area (Å²) in [5.41, 5.74) is 2.36. The van der Waals surface area contributed by atoms with Gasteiger partial charge in [-0.1, -0.05) is 37.3 Å². The maximum absolute atomic E-state index is 13.3.